The van der Waals surface area contributed by atoms with Gasteiger partial charge in [0.25, 0.3) is 0 Å². The predicted molar refractivity (Wildman–Crippen MR) is 111 cm³/mol. The van der Waals surface area contributed by atoms with Crippen LogP contribution in [0.4, 0.5) is 5.82 Å². The minimum absolute atomic E-state index is 0.382. The van der Waals surface area contributed by atoms with E-state index in [4.69, 9.17) is 32.2 Å². The van der Waals surface area contributed by atoms with Gasteiger partial charge in [-0.3, -0.25) is 0 Å². The maximum absolute atomic E-state index is 6.12. The fourth-order valence-corrected chi connectivity index (χ4v) is 2.93. The molecule has 0 spiro atoms. The van der Waals surface area contributed by atoms with Gasteiger partial charge in [-0.2, -0.15) is 0 Å². The molecule has 0 bridgehead atoms. The van der Waals surface area contributed by atoms with E-state index in [2.05, 4.69) is 34.6 Å². The second-order valence-electron chi connectivity index (χ2n) is 6.35. The molecule has 0 saturated carbocycles. The molecular weight excluding hydrogens is 376 g/mol. The molecule has 0 fully saturated rings. The maximum atomic E-state index is 6.12. The standard InChI is InChI=1S/C21H23ClN4O2/c1-27-13-16-6-8-18(21(24)26-16)19(23)12-25-11-15-4-2-14(3-5-15)10-17-7-9-20(22)28-17/h2-9,12,25H,10-11,13,23H2,1H3,(H2,24,26)/b19-12-. The molecule has 3 aromatic rings. The average Bonchev–Trinajstić information content (AvgIpc) is 3.08. The summed E-state index contributed by atoms with van der Waals surface area (Å²) in [4.78, 5) is 4.28. The fourth-order valence-electron chi connectivity index (χ4n) is 2.77. The number of anilines is 1. The third-order valence-electron chi connectivity index (χ3n) is 4.18. The Morgan fingerprint density at radius 3 is 2.54 bits per heavy atom. The van der Waals surface area contributed by atoms with Crippen LogP contribution in [0, 0.1) is 0 Å². The molecule has 2 aromatic heterocycles. The molecular formula is C21H23ClN4O2. The summed E-state index contributed by atoms with van der Waals surface area (Å²) in [5.41, 5.74) is 16.4. The molecule has 6 nitrogen and oxygen atoms in total. The van der Waals surface area contributed by atoms with Gasteiger partial charge in [0.1, 0.15) is 11.6 Å². The minimum atomic E-state index is 0.382. The highest BCUT2D eigenvalue weighted by Crippen LogP contribution is 2.18. The molecule has 0 aliphatic heterocycles. The van der Waals surface area contributed by atoms with Gasteiger partial charge >= 0.3 is 0 Å². The summed E-state index contributed by atoms with van der Waals surface area (Å²) in [5.74, 6) is 1.22. The minimum Gasteiger partial charge on any atom is -0.449 e. The lowest BCUT2D eigenvalue weighted by Crippen LogP contribution is -2.11. The first kappa shape index (κ1) is 19.8. The number of nitrogens with one attached hydrogen (secondary N) is 1. The Bertz CT molecular complexity index is 951. The van der Waals surface area contributed by atoms with E-state index in [9.17, 15) is 0 Å². The van der Waals surface area contributed by atoms with Crippen molar-refractivity contribution >= 4 is 23.1 Å². The topological polar surface area (TPSA) is 99.3 Å². The molecule has 0 amide bonds. The zero-order valence-electron chi connectivity index (χ0n) is 15.6. The van der Waals surface area contributed by atoms with E-state index in [0.29, 0.717) is 41.9 Å². The van der Waals surface area contributed by atoms with Crippen molar-refractivity contribution in [1.82, 2.24) is 10.3 Å². The molecule has 5 N–H and O–H groups in total. The molecule has 7 heteroatoms. The van der Waals surface area contributed by atoms with E-state index in [1.165, 1.54) is 0 Å². The van der Waals surface area contributed by atoms with Crippen LogP contribution in [0.1, 0.15) is 28.1 Å². The van der Waals surface area contributed by atoms with Gasteiger partial charge in [0.05, 0.1) is 18.0 Å². The molecule has 0 atom stereocenters. The van der Waals surface area contributed by atoms with Gasteiger partial charge in [0.2, 0.25) is 0 Å². The smallest absolute Gasteiger partial charge is 0.193 e. The van der Waals surface area contributed by atoms with Crippen molar-refractivity contribution in [3.63, 3.8) is 0 Å². The molecule has 0 unspecified atom stereocenters. The van der Waals surface area contributed by atoms with Crippen molar-refractivity contribution in [2.24, 2.45) is 5.73 Å². The van der Waals surface area contributed by atoms with Gasteiger partial charge in [0, 0.05) is 31.8 Å². The molecule has 0 aliphatic rings. The number of ether oxygens (including phenoxy) is 1. The lowest BCUT2D eigenvalue weighted by molar-refractivity contribution is 0.181. The summed E-state index contributed by atoms with van der Waals surface area (Å²) in [6, 6.07) is 15.6. The van der Waals surface area contributed by atoms with E-state index < -0.39 is 0 Å². The van der Waals surface area contributed by atoms with Gasteiger partial charge in [-0.1, -0.05) is 24.3 Å². The highest BCUT2D eigenvalue weighted by Gasteiger charge is 2.06. The second-order valence-corrected chi connectivity index (χ2v) is 6.72. The van der Waals surface area contributed by atoms with Crippen LogP contribution in [-0.4, -0.2) is 12.1 Å². The number of aromatic nitrogens is 1. The van der Waals surface area contributed by atoms with Crippen LogP contribution in [0.15, 0.2) is 59.1 Å². The monoisotopic (exact) mass is 398 g/mol. The number of rotatable bonds is 8. The van der Waals surface area contributed by atoms with E-state index in [-0.39, 0.29) is 0 Å². The number of nitrogens with two attached hydrogens (primary N) is 2. The largest absolute Gasteiger partial charge is 0.449 e. The van der Waals surface area contributed by atoms with Gasteiger partial charge in [-0.15, -0.1) is 0 Å². The van der Waals surface area contributed by atoms with Crippen molar-refractivity contribution in [2.45, 2.75) is 19.6 Å². The zero-order valence-corrected chi connectivity index (χ0v) is 16.4. The van der Waals surface area contributed by atoms with Crippen LogP contribution in [0.5, 0.6) is 0 Å². The molecule has 0 saturated heterocycles. The number of pyridine rings is 1. The van der Waals surface area contributed by atoms with Crippen LogP contribution >= 0.6 is 11.6 Å². The van der Waals surface area contributed by atoms with Gasteiger partial charge in [-0.05, 0) is 47.0 Å². The van der Waals surface area contributed by atoms with Crippen LogP contribution in [0.2, 0.25) is 5.22 Å². The third-order valence-corrected chi connectivity index (χ3v) is 4.38. The van der Waals surface area contributed by atoms with Gasteiger partial charge in [0.15, 0.2) is 5.22 Å². The highest BCUT2D eigenvalue weighted by atomic mass is 35.5. The van der Waals surface area contributed by atoms with Crippen molar-refractivity contribution in [3.8, 4) is 0 Å². The first-order valence-electron chi connectivity index (χ1n) is 8.81. The van der Waals surface area contributed by atoms with E-state index in [0.717, 1.165) is 22.6 Å². The highest BCUT2D eigenvalue weighted by molar-refractivity contribution is 6.28. The molecule has 146 valence electrons. The van der Waals surface area contributed by atoms with Crippen LogP contribution < -0.4 is 16.8 Å². The fraction of sp³-hybridized carbons (Fsp3) is 0.190. The number of hydrogen-bond donors (Lipinski definition) is 3. The lowest BCUT2D eigenvalue weighted by atomic mass is 10.1. The Balaban J connectivity index is 1.56. The molecule has 2 heterocycles. The number of benzene rings is 1. The number of halogens is 1. The number of hydrogen-bond acceptors (Lipinski definition) is 6. The number of nitrogens with zero attached hydrogens (tertiary/aromatic N) is 1. The lowest BCUT2D eigenvalue weighted by Gasteiger charge is -2.09. The normalized spacial score (nSPS) is 11.6. The van der Waals surface area contributed by atoms with Crippen LogP contribution in [-0.2, 0) is 24.3 Å². The predicted octanol–water partition coefficient (Wildman–Crippen LogP) is 3.69. The van der Waals surface area contributed by atoms with Crippen molar-refractivity contribution in [2.75, 3.05) is 12.8 Å². The van der Waals surface area contributed by atoms with E-state index in [1.54, 1.807) is 19.4 Å². The molecule has 0 radical (unpaired) electrons. The quantitative estimate of drug-likeness (QED) is 0.535. The second kappa shape index (κ2) is 9.30. The number of nitrogen functional groups attached to an aromatic ring is 1. The van der Waals surface area contributed by atoms with Crippen molar-refractivity contribution < 1.29 is 9.15 Å². The Morgan fingerprint density at radius 2 is 1.89 bits per heavy atom. The van der Waals surface area contributed by atoms with Gasteiger partial charge < -0.3 is 25.9 Å². The number of methoxy groups -OCH3 is 1. The molecule has 28 heavy (non-hydrogen) atoms. The summed E-state index contributed by atoms with van der Waals surface area (Å²) >= 11 is 5.80. The van der Waals surface area contributed by atoms with Crippen LogP contribution in [0.3, 0.4) is 0 Å². The summed E-state index contributed by atoms with van der Waals surface area (Å²) < 4.78 is 10.4. The average molecular weight is 399 g/mol. The summed E-state index contributed by atoms with van der Waals surface area (Å²) in [6.07, 6.45) is 2.45. The Morgan fingerprint density at radius 1 is 1.14 bits per heavy atom. The van der Waals surface area contributed by atoms with E-state index >= 15 is 0 Å². The van der Waals surface area contributed by atoms with Crippen molar-refractivity contribution in [1.29, 1.82) is 0 Å². The first-order chi connectivity index (χ1) is 13.5. The molecule has 0 aliphatic carbocycles. The van der Waals surface area contributed by atoms with Gasteiger partial charge in [-0.25, -0.2) is 4.98 Å². The van der Waals surface area contributed by atoms with Crippen molar-refractivity contribution in [3.05, 3.63) is 88.1 Å². The molecule has 3 rings (SSSR count). The zero-order chi connectivity index (χ0) is 19.9. The maximum Gasteiger partial charge on any atom is 0.193 e. The Hall–Kier alpha value is -2.96. The Kier molecular flexibility index (Phi) is 6.57. The van der Waals surface area contributed by atoms with E-state index in [1.807, 2.05) is 18.2 Å². The summed E-state index contributed by atoms with van der Waals surface area (Å²) in [6.45, 7) is 1.05. The number of furan rings is 1. The van der Waals surface area contributed by atoms with Crippen LogP contribution in [0.25, 0.3) is 5.70 Å². The third kappa shape index (κ3) is 5.28. The Labute approximate surface area is 169 Å². The summed E-state index contributed by atoms with van der Waals surface area (Å²) in [7, 11) is 1.61. The molecule has 1 aromatic carbocycles. The summed E-state index contributed by atoms with van der Waals surface area (Å²) in [5, 5.41) is 3.62. The SMILES string of the molecule is COCc1ccc(/C(N)=C/NCc2ccc(Cc3ccc(Cl)o3)cc2)c(N)n1. The first-order valence-corrected chi connectivity index (χ1v) is 9.18.